The second-order valence-corrected chi connectivity index (χ2v) is 5.14. The number of halogens is 1. The molecule has 0 radical (unpaired) electrons. The van der Waals surface area contributed by atoms with Gasteiger partial charge in [0.1, 0.15) is 5.54 Å². The SMILES string of the molecule is COC(=O)C(C)(N)CSc1cccc(Cl)c1. The third-order valence-corrected chi connectivity index (χ3v) is 3.55. The molecule has 0 heterocycles. The highest BCUT2D eigenvalue weighted by atomic mass is 35.5. The smallest absolute Gasteiger partial charge is 0.326 e. The Balaban J connectivity index is 2.61. The lowest BCUT2D eigenvalue weighted by Crippen LogP contribution is -2.48. The van der Waals surface area contributed by atoms with E-state index in [1.807, 2.05) is 18.2 Å². The summed E-state index contributed by atoms with van der Waals surface area (Å²) in [7, 11) is 1.33. The zero-order valence-corrected chi connectivity index (χ0v) is 10.8. The zero-order chi connectivity index (χ0) is 12.2. The number of nitrogens with two attached hydrogens (primary N) is 1. The Kier molecular flexibility index (Phi) is 4.65. The molecular weight excluding hydrogens is 246 g/mol. The lowest BCUT2D eigenvalue weighted by molar-refractivity contribution is -0.145. The molecule has 0 bridgehead atoms. The summed E-state index contributed by atoms with van der Waals surface area (Å²) in [6.07, 6.45) is 0. The second-order valence-electron chi connectivity index (χ2n) is 3.66. The number of hydrogen-bond donors (Lipinski definition) is 1. The van der Waals surface area contributed by atoms with Gasteiger partial charge >= 0.3 is 5.97 Å². The van der Waals surface area contributed by atoms with Gasteiger partial charge in [0.2, 0.25) is 0 Å². The van der Waals surface area contributed by atoms with Crippen LogP contribution < -0.4 is 5.73 Å². The third-order valence-electron chi connectivity index (χ3n) is 1.99. The molecule has 1 atom stereocenters. The van der Waals surface area contributed by atoms with Gasteiger partial charge in [-0.05, 0) is 25.1 Å². The summed E-state index contributed by atoms with van der Waals surface area (Å²) in [6, 6.07) is 7.41. The number of carbonyl (C=O) groups excluding carboxylic acids is 1. The van der Waals surface area contributed by atoms with E-state index in [1.165, 1.54) is 18.9 Å². The molecule has 1 aromatic carbocycles. The summed E-state index contributed by atoms with van der Waals surface area (Å²) in [5.74, 6) is 0.0297. The maximum absolute atomic E-state index is 11.3. The Bertz CT molecular complexity index is 382. The molecule has 1 unspecified atom stereocenters. The van der Waals surface area contributed by atoms with Crippen LogP contribution in [0.2, 0.25) is 5.02 Å². The largest absolute Gasteiger partial charge is 0.468 e. The molecule has 0 amide bonds. The van der Waals surface area contributed by atoms with Crippen molar-refractivity contribution in [3.05, 3.63) is 29.3 Å². The highest BCUT2D eigenvalue weighted by molar-refractivity contribution is 7.99. The van der Waals surface area contributed by atoms with Crippen molar-refractivity contribution in [2.45, 2.75) is 17.4 Å². The van der Waals surface area contributed by atoms with Gasteiger partial charge in [-0.3, -0.25) is 4.79 Å². The monoisotopic (exact) mass is 259 g/mol. The molecule has 0 aliphatic carbocycles. The van der Waals surface area contributed by atoms with Gasteiger partial charge in [0.25, 0.3) is 0 Å². The van der Waals surface area contributed by atoms with Gasteiger partial charge in [-0.2, -0.15) is 0 Å². The Morgan fingerprint density at radius 3 is 2.88 bits per heavy atom. The third kappa shape index (κ3) is 3.70. The molecule has 5 heteroatoms. The predicted octanol–water partition coefficient (Wildman–Crippen LogP) is 2.32. The predicted molar refractivity (Wildman–Crippen MR) is 66.8 cm³/mol. The molecule has 3 nitrogen and oxygen atoms in total. The van der Waals surface area contributed by atoms with Gasteiger partial charge in [-0.25, -0.2) is 0 Å². The van der Waals surface area contributed by atoms with E-state index >= 15 is 0 Å². The van der Waals surface area contributed by atoms with Crippen LogP contribution in [0, 0.1) is 0 Å². The van der Waals surface area contributed by atoms with Crippen LogP contribution in [-0.4, -0.2) is 24.4 Å². The van der Waals surface area contributed by atoms with E-state index < -0.39 is 11.5 Å². The van der Waals surface area contributed by atoms with Crippen molar-refractivity contribution in [1.82, 2.24) is 0 Å². The number of esters is 1. The average molecular weight is 260 g/mol. The lowest BCUT2D eigenvalue weighted by Gasteiger charge is -2.20. The molecule has 0 aliphatic heterocycles. The summed E-state index contributed by atoms with van der Waals surface area (Å²) in [4.78, 5) is 12.3. The Hall–Kier alpha value is -0.710. The first-order valence-corrected chi connectivity index (χ1v) is 6.08. The van der Waals surface area contributed by atoms with Crippen molar-refractivity contribution in [1.29, 1.82) is 0 Å². The van der Waals surface area contributed by atoms with E-state index in [4.69, 9.17) is 17.3 Å². The first-order chi connectivity index (χ1) is 7.45. The van der Waals surface area contributed by atoms with Gasteiger partial charge in [0.15, 0.2) is 0 Å². The molecule has 0 saturated carbocycles. The zero-order valence-electron chi connectivity index (χ0n) is 9.20. The van der Waals surface area contributed by atoms with E-state index in [1.54, 1.807) is 13.0 Å². The van der Waals surface area contributed by atoms with Gasteiger partial charge in [0, 0.05) is 15.7 Å². The number of thioether (sulfide) groups is 1. The van der Waals surface area contributed by atoms with Crippen molar-refractivity contribution in [3.8, 4) is 0 Å². The van der Waals surface area contributed by atoms with Crippen molar-refractivity contribution in [3.63, 3.8) is 0 Å². The molecule has 88 valence electrons. The maximum atomic E-state index is 11.3. The molecule has 0 fully saturated rings. The van der Waals surface area contributed by atoms with Crippen LogP contribution in [0.15, 0.2) is 29.2 Å². The molecule has 16 heavy (non-hydrogen) atoms. The van der Waals surface area contributed by atoms with Crippen molar-refractivity contribution in [2.24, 2.45) is 5.73 Å². The number of carbonyl (C=O) groups is 1. The summed E-state index contributed by atoms with van der Waals surface area (Å²) in [6.45, 7) is 1.65. The van der Waals surface area contributed by atoms with E-state index in [0.717, 1.165) is 4.90 Å². The molecule has 0 aromatic heterocycles. The minimum absolute atomic E-state index is 0.415. The Morgan fingerprint density at radius 2 is 2.31 bits per heavy atom. The van der Waals surface area contributed by atoms with E-state index in [2.05, 4.69) is 4.74 Å². The van der Waals surface area contributed by atoms with E-state index in [9.17, 15) is 4.79 Å². The summed E-state index contributed by atoms with van der Waals surface area (Å²) >= 11 is 7.32. The fraction of sp³-hybridized carbons (Fsp3) is 0.364. The molecule has 1 rings (SSSR count). The second kappa shape index (κ2) is 5.57. The topological polar surface area (TPSA) is 52.3 Å². The Labute approximate surface area is 104 Å². The maximum Gasteiger partial charge on any atom is 0.326 e. The number of benzene rings is 1. The number of hydrogen-bond acceptors (Lipinski definition) is 4. The fourth-order valence-corrected chi connectivity index (χ4v) is 2.31. The number of methoxy groups -OCH3 is 1. The van der Waals surface area contributed by atoms with Crippen LogP contribution in [0.3, 0.4) is 0 Å². The van der Waals surface area contributed by atoms with E-state index in [-0.39, 0.29) is 0 Å². The summed E-state index contributed by atoms with van der Waals surface area (Å²) < 4.78 is 4.62. The first-order valence-electron chi connectivity index (χ1n) is 4.71. The Morgan fingerprint density at radius 1 is 1.62 bits per heavy atom. The van der Waals surface area contributed by atoms with Crippen LogP contribution in [-0.2, 0) is 9.53 Å². The summed E-state index contributed by atoms with van der Waals surface area (Å²) in [5, 5.41) is 0.668. The van der Waals surface area contributed by atoms with Crippen LogP contribution in [0.4, 0.5) is 0 Å². The van der Waals surface area contributed by atoms with Crippen LogP contribution in [0.1, 0.15) is 6.92 Å². The molecule has 2 N–H and O–H groups in total. The molecular formula is C11H14ClNO2S. The lowest BCUT2D eigenvalue weighted by atomic mass is 10.1. The van der Waals surface area contributed by atoms with E-state index in [0.29, 0.717) is 10.8 Å². The number of ether oxygens (including phenoxy) is 1. The van der Waals surface area contributed by atoms with Gasteiger partial charge in [0.05, 0.1) is 7.11 Å². The standard InChI is InChI=1S/C11H14ClNO2S/c1-11(13,10(14)15-2)7-16-9-5-3-4-8(12)6-9/h3-6H,7,13H2,1-2H3. The van der Waals surface area contributed by atoms with Crippen LogP contribution >= 0.6 is 23.4 Å². The van der Waals surface area contributed by atoms with Crippen molar-refractivity contribution < 1.29 is 9.53 Å². The van der Waals surface area contributed by atoms with Crippen LogP contribution in [0.25, 0.3) is 0 Å². The summed E-state index contributed by atoms with van der Waals surface area (Å²) in [5.41, 5.74) is 4.84. The molecule has 0 aliphatic rings. The molecule has 1 aromatic rings. The van der Waals surface area contributed by atoms with Crippen LogP contribution in [0.5, 0.6) is 0 Å². The van der Waals surface area contributed by atoms with Crippen molar-refractivity contribution >= 4 is 29.3 Å². The average Bonchev–Trinajstić information content (AvgIpc) is 2.25. The van der Waals surface area contributed by atoms with Gasteiger partial charge in [-0.15, -0.1) is 11.8 Å². The minimum atomic E-state index is -0.984. The normalized spacial score (nSPS) is 14.2. The first kappa shape index (κ1) is 13.4. The molecule has 0 saturated heterocycles. The highest BCUT2D eigenvalue weighted by Crippen LogP contribution is 2.24. The van der Waals surface area contributed by atoms with Gasteiger partial charge in [-0.1, -0.05) is 17.7 Å². The fourth-order valence-electron chi connectivity index (χ4n) is 1.08. The highest BCUT2D eigenvalue weighted by Gasteiger charge is 2.29. The van der Waals surface area contributed by atoms with Crippen molar-refractivity contribution in [2.75, 3.05) is 12.9 Å². The molecule has 0 spiro atoms. The van der Waals surface area contributed by atoms with Gasteiger partial charge < -0.3 is 10.5 Å². The quantitative estimate of drug-likeness (QED) is 0.666. The number of rotatable bonds is 4. The minimum Gasteiger partial charge on any atom is -0.468 e.